The second-order valence-corrected chi connectivity index (χ2v) is 7.09. The molecule has 1 N–H and O–H groups in total. The number of carbonyl (C=O) groups excluding carboxylic acids is 2. The molecule has 2 saturated heterocycles. The van der Waals surface area contributed by atoms with E-state index in [9.17, 15) is 9.59 Å². The van der Waals surface area contributed by atoms with Crippen LogP contribution in [-0.2, 0) is 27.3 Å². The van der Waals surface area contributed by atoms with Crippen LogP contribution in [0.1, 0.15) is 17.5 Å². The molecule has 3 heterocycles. The van der Waals surface area contributed by atoms with Crippen LogP contribution < -0.4 is 5.32 Å². The van der Waals surface area contributed by atoms with E-state index in [1.165, 1.54) is 0 Å². The highest BCUT2D eigenvalue weighted by atomic mass is 16.5. The van der Waals surface area contributed by atoms with Crippen LogP contribution in [0.4, 0.5) is 0 Å². The molecule has 2 fully saturated rings. The molecule has 2 aliphatic rings. The lowest BCUT2D eigenvalue weighted by atomic mass is 10.0. The molecule has 4 rings (SSSR count). The van der Waals surface area contributed by atoms with Gasteiger partial charge < -0.3 is 15.0 Å². The lowest BCUT2D eigenvalue weighted by Crippen LogP contribution is -2.38. The van der Waals surface area contributed by atoms with Crippen molar-refractivity contribution in [1.29, 1.82) is 0 Å². The number of fused-ring (bicyclic) bond motifs is 1. The van der Waals surface area contributed by atoms with Gasteiger partial charge in [0, 0.05) is 32.1 Å². The Bertz CT molecular complexity index is 797. The van der Waals surface area contributed by atoms with Gasteiger partial charge in [0.05, 0.1) is 24.5 Å². The third kappa shape index (κ3) is 3.85. The molecule has 27 heavy (non-hydrogen) atoms. The number of ether oxygens (including phenoxy) is 1. The Balaban J connectivity index is 1.41. The number of hydrogen-bond acceptors (Lipinski definition) is 4. The minimum absolute atomic E-state index is 0.00430. The van der Waals surface area contributed by atoms with Crippen LogP contribution >= 0.6 is 0 Å². The average molecular weight is 365 g/mol. The maximum Gasteiger partial charge on any atom is 0.227 e. The van der Waals surface area contributed by atoms with Crippen LogP contribution in [0.5, 0.6) is 0 Å². The molecular weight excluding hydrogens is 342 g/mol. The van der Waals surface area contributed by atoms with E-state index >= 15 is 0 Å². The van der Waals surface area contributed by atoms with E-state index < -0.39 is 0 Å². The summed E-state index contributed by atoms with van der Waals surface area (Å²) in [6.07, 6.45) is 4.37. The van der Waals surface area contributed by atoms with Crippen LogP contribution in [0.25, 0.3) is 0 Å². The van der Waals surface area contributed by atoms with Crippen molar-refractivity contribution in [2.24, 2.45) is 5.92 Å². The summed E-state index contributed by atoms with van der Waals surface area (Å²) in [5.41, 5.74) is 1.94. The SMILES string of the molecule is O=C(NCc1cccnc1)[C@@H]1CN(C(=O)Cc2ccccc2)[C@@H]2CCO[C@@H]21. The molecule has 2 aromatic rings. The topological polar surface area (TPSA) is 71.5 Å². The molecule has 6 heteroatoms. The summed E-state index contributed by atoms with van der Waals surface area (Å²) in [4.78, 5) is 31.5. The first-order chi connectivity index (χ1) is 13.2. The van der Waals surface area contributed by atoms with Crippen molar-refractivity contribution in [3.8, 4) is 0 Å². The first-order valence-corrected chi connectivity index (χ1v) is 9.34. The van der Waals surface area contributed by atoms with E-state index in [-0.39, 0.29) is 29.9 Å². The molecule has 1 aromatic heterocycles. The number of benzene rings is 1. The van der Waals surface area contributed by atoms with Crippen molar-refractivity contribution in [2.45, 2.75) is 31.5 Å². The number of pyridine rings is 1. The monoisotopic (exact) mass is 365 g/mol. The van der Waals surface area contributed by atoms with Crippen molar-refractivity contribution in [2.75, 3.05) is 13.2 Å². The summed E-state index contributed by atoms with van der Waals surface area (Å²) in [6, 6.07) is 13.5. The number of rotatable bonds is 5. The largest absolute Gasteiger partial charge is 0.375 e. The van der Waals surface area contributed by atoms with Gasteiger partial charge in [-0.05, 0) is 23.6 Å². The molecule has 140 valence electrons. The maximum absolute atomic E-state index is 12.8. The molecule has 0 unspecified atom stereocenters. The summed E-state index contributed by atoms with van der Waals surface area (Å²) < 4.78 is 5.83. The van der Waals surface area contributed by atoms with Crippen molar-refractivity contribution >= 4 is 11.8 Å². The summed E-state index contributed by atoms with van der Waals surface area (Å²) in [7, 11) is 0. The molecule has 0 spiro atoms. The molecule has 2 amide bonds. The Morgan fingerprint density at radius 1 is 1.15 bits per heavy atom. The maximum atomic E-state index is 12.8. The summed E-state index contributed by atoms with van der Waals surface area (Å²) >= 11 is 0. The quantitative estimate of drug-likeness (QED) is 0.873. The highest BCUT2D eigenvalue weighted by Crippen LogP contribution is 2.34. The van der Waals surface area contributed by atoms with Gasteiger partial charge in [0.15, 0.2) is 0 Å². The summed E-state index contributed by atoms with van der Waals surface area (Å²) in [6.45, 7) is 1.44. The number of nitrogens with zero attached hydrogens (tertiary/aromatic N) is 2. The van der Waals surface area contributed by atoms with Crippen LogP contribution in [0.2, 0.25) is 0 Å². The second-order valence-electron chi connectivity index (χ2n) is 7.09. The number of aromatic nitrogens is 1. The minimum atomic E-state index is -0.325. The molecule has 0 saturated carbocycles. The first-order valence-electron chi connectivity index (χ1n) is 9.34. The van der Waals surface area contributed by atoms with E-state index in [0.29, 0.717) is 26.1 Å². The Morgan fingerprint density at radius 3 is 2.74 bits per heavy atom. The normalized spacial score (nSPS) is 23.9. The number of amides is 2. The van der Waals surface area contributed by atoms with Gasteiger partial charge in [-0.25, -0.2) is 0 Å². The average Bonchev–Trinajstić information content (AvgIpc) is 3.30. The molecule has 6 nitrogen and oxygen atoms in total. The van der Waals surface area contributed by atoms with Gasteiger partial charge >= 0.3 is 0 Å². The van der Waals surface area contributed by atoms with E-state index in [4.69, 9.17) is 4.74 Å². The zero-order valence-electron chi connectivity index (χ0n) is 15.1. The first kappa shape index (κ1) is 17.7. The van der Waals surface area contributed by atoms with Crippen LogP contribution in [0.15, 0.2) is 54.9 Å². The Labute approximate surface area is 158 Å². The smallest absolute Gasteiger partial charge is 0.227 e. The van der Waals surface area contributed by atoms with Crippen molar-refractivity contribution in [3.63, 3.8) is 0 Å². The Morgan fingerprint density at radius 2 is 1.96 bits per heavy atom. The van der Waals surface area contributed by atoms with Gasteiger partial charge in [-0.15, -0.1) is 0 Å². The predicted molar refractivity (Wildman–Crippen MR) is 99.6 cm³/mol. The number of hydrogen-bond donors (Lipinski definition) is 1. The second kappa shape index (κ2) is 7.88. The molecule has 2 aliphatic heterocycles. The fourth-order valence-electron chi connectivity index (χ4n) is 3.98. The zero-order valence-corrected chi connectivity index (χ0v) is 15.1. The van der Waals surface area contributed by atoms with E-state index in [1.54, 1.807) is 12.4 Å². The Hall–Kier alpha value is -2.73. The summed E-state index contributed by atoms with van der Waals surface area (Å²) in [5.74, 6) is -0.330. The Kier molecular flexibility index (Phi) is 5.16. The number of likely N-dealkylation sites (tertiary alicyclic amines) is 1. The van der Waals surface area contributed by atoms with Crippen molar-refractivity contribution in [3.05, 3.63) is 66.0 Å². The van der Waals surface area contributed by atoms with Gasteiger partial charge in [-0.2, -0.15) is 0 Å². The van der Waals surface area contributed by atoms with Crippen LogP contribution in [0, 0.1) is 5.92 Å². The van der Waals surface area contributed by atoms with Gasteiger partial charge in [0.25, 0.3) is 0 Å². The van der Waals surface area contributed by atoms with Crippen LogP contribution in [0.3, 0.4) is 0 Å². The van der Waals surface area contributed by atoms with Gasteiger partial charge in [0.2, 0.25) is 11.8 Å². The van der Waals surface area contributed by atoms with Crippen molar-refractivity contribution in [1.82, 2.24) is 15.2 Å². The number of carbonyl (C=O) groups is 2. The fourth-order valence-corrected chi connectivity index (χ4v) is 3.98. The highest BCUT2D eigenvalue weighted by Gasteiger charge is 2.50. The van der Waals surface area contributed by atoms with E-state index in [2.05, 4.69) is 10.3 Å². The standard InChI is InChI=1S/C21H23N3O3/c25-19(11-15-5-2-1-3-6-15)24-14-17(20-18(24)8-10-27-20)21(26)23-13-16-7-4-9-22-12-16/h1-7,9,12,17-18,20H,8,10-11,13-14H2,(H,23,26)/t17-,18-,20-/m1/s1. The molecule has 0 radical (unpaired) electrons. The van der Waals surface area contributed by atoms with Crippen molar-refractivity contribution < 1.29 is 14.3 Å². The van der Waals surface area contributed by atoms with Gasteiger partial charge in [-0.3, -0.25) is 14.6 Å². The number of nitrogens with one attached hydrogen (secondary N) is 1. The fraction of sp³-hybridized carbons (Fsp3) is 0.381. The molecule has 0 bridgehead atoms. The molecule has 1 aromatic carbocycles. The minimum Gasteiger partial charge on any atom is -0.375 e. The molecule has 0 aliphatic carbocycles. The molecular formula is C21H23N3O3. The third-order valence-corrected chi connectivity index (χ3v) is 5.34. The highest BCUT2D eigenvalue weighted by molar-refractivity contribution is 5.84. The zero-order chi connectivity index (χ0) is 18.6. The van der Waals surface area contributed by atoms with Gasteiger partial charge in [-0.1, -0.05) is 36.4 Å². The van der Waals surface area contributed by atoms with Crippen LogP contribution in [-0.4, -0.2) is 47.0 Å². The predicted octanol–water partition coefficient (Wildman–Crippen LogP) is 1.56. The third-order valence-electron chi connectivity index (χ3n) is 5.34. The lowest BCUT2D eigenvalue weighted by Gasteiger charge is -2.22. The van der Waals surface area contributed by atoms with Gasteiger partial charge in [0.1, 0.15) is 0 Å². The lowest BCUT2D eigenvalue weighted by molar-refractivity contribution is -0.131. The van der Waals surface area contributed by atoms with E-state index in [1.807, 2.05) is 47.4 Å². The summed E-state index contributed by atoms with van der Waals surface area (Å²) in [5, 5.41) is 2.97. The van der Waals surface area contributed by atoms with E-state index in [0.717, 1.165) is 17.5 Å². The molecule has 3 atom stereocenters.